The van der Waals surface area contributed by atoms with Crippen LogP contribution in [0.4, 0.5) is 4.39 Å². The summed E-state index contributed by atoms with van der Waals surface area (Å²) < 4.78 is 20.3. The lowest BCUT2D eigenvalue weighted by atomic mass is 9.88. The van der Waals surface area contributed by atoms with Gasteiger partial charge in [0.05, 0.1) is 15.5 Å². The molecular weight excluding hydrogens is 347 g/mol. The number of fused-ring (bicyclic) bond motifs is 3. The van der Waals surface area contributed by atoms with Gasteiger partial charge in [-0.2, -0.15) is 5.26 Å². The third kappa shape index (κ3) is 2.15. The number of allylic oxidation sites excluding steroid dienone is 1. The number of nitrogens with zero attached hydrogens (tertiary/aromatic N) is 1. The summed E-state index contributed by atoms with van der Waals surface area (Å²) in [6, 6.07) is 14.1. The molecule has 3 aromatic rings. The van der Waals surface area contributed by atoms with Crippen molar-refractivity contribution >= 4 is 33.0 Å². The van der Waals surface area contributed by atoms with Gasteiger partial charge in [-0.1, -0.05) is 29.8 Å². The van der Waals surface area contributed by atoms with E-state index < -0.39 is 5.92 Å². The van der Waals surface area contributed by atoms with Crippen LogP contribution in [0.5, 0.6) is 5.75 Å². The fraction of sp³-hybridized carbons (Fsp3) is 0.0556. The number of thiophene rings is 1. The Morgan fingerprint density at radius 1 is 1.21 bits per heavy atom. The van der Waals surface area contributed by atoms with Crippen LogP contribution >= 0.6 is 22.9 Å². The Kier molecular flexibility index (Phi) is 3.45. The minimum absolute atomic E-state index is 0.0499. The van der Waals surface area contributed by atoms with Crippen LogP contribution in [0.2, 0.25) is 5.02 Å². The first-order chi connectivity index (χ1) is 11.6. The summed E-state index contributed by atoms with van der Waals surface area (Å²) in [6.45, 7) is 0. The van der Waals surface area contributed by atoms with Crippen LogP contribution < -0.4 is 10.5 Å². The van der Waals surface area contributed by atoms with Crippen molar-refractivity contribution in [3.63, 3.8) is 0 Å². The van der Waals surface area contributed by atoms with Crippen molar-refractivity contribution in [2.75, 3.05) is 0 Å². The molecule has 1 atom stereocenters. The van der Waals surface area contributed by atoms with Crippen molar-refractivity contribution in [3.05, 3.63) is 75.2 Å². The number of rotatable bonds is 1. The van der Waals surface area contributed by atoms with E-state index in [1.807, 2.05) is 12.1 Å². The molecule has 1 aliphatic rings. The number of benzene rings is 2. The molecule has 4 rings (SSSR count). The Bertz CT molecular complexity index is 1030. The topological polar surface area (TPSA) is 59.0 Å². The van der Waals surface area contributed by atoms with Crippen LogP contribution in [0.25, 0.3) is 10.1 Å². The van der Waals surface area contributed by atoms with Crippen LogP contribution in [-0.4, -0.2) is 0 Å². The average molecular weight is 357 g/mol. The van der Waals surface area contributed by atoms with Gasteiger partial charge in [0.25, 0.3) is 0 Å². The average Bonchev–Trinajstić information content (AvgIpc) is 2.94. The summed E-state index contributed by atoms with van der Waals surface area (Å²) in [5, 5.41) is 10.8. The summed E-state index contributed by atoms with van der Waals surface area (Å²) in [4.78, 5) is 0.767. The molecule has 24 heavy (non-hydrogen) atoms. The van der Waals surface area contributed by atoms with Crippen LogP contribution in [0.3, 0.4) is 0 Å². The molecule has 0 aliphatic carbocycles. The van der Waals surface area contributed by atoms with Crippen molar-refractivity contribution < 1.29 is 9.13 Å². The highest BCUT2D eigenvalue weighted by Crippen LogP contribution is 2.50. The number of hydrogen-bond acceptors (Lipinski definition) is 4. The van der Waals surface area contributed by atoms with Gasteiger partial charge in [-0.15, -0.1) is 11.3 Å². The van der Waals surface area contributed by atoms with E-state index in [2.05, 4.69) is 6.07 Å². The monoisotopic (exact) mass is 356 g/mol. The zero-order chi connectivity index (χ0) is 16.8. The fourth-order valence-electron chi connectivity index (χ4n) is 2.91. The van der Waals surface area contributed by atoms with E-state index in [1.54, 1.807) is 24.3 Å². The van der Waals surface area contributed by atoms with Gasteiger partial charge in [-0.05, 0) is 29.8 Å². The molecule has 0 spiro atoms. The van der Waals surface area contributed by atoms with Crippen molar-refractivity contribution in [1.82, 2.24) is 0 Å². The highest BCUT2D eigenvalue weighted by Gasteiger charge is 2.34. The van der Waals surface area contributed by atoms with E-state index in [1.165, 1.54) is 17.4 Å². The van der Waals surface area contributed by atoms with Gasteiger partial charge in [0.15, 0.2) is 5.75 Å². The molecule has 2 N–H and O–H groups in total. The van der Waals surface area contributed by atoms with Crippen LogP contribution in [0, 0.1) is 17.1 Å². The summed E-state index contributed by atoms with van der Waals surface area (Å²) in [6.07, 6.45) is 0. The second-order valence-corrected chi connectivity index (χ2v) is 6.88. The number of nitriles is 1. The molecule has 0 fully saturated rings. The normalized spacial score (nSPS) is 16.6. The molecule has 0 saturated carbocycles. The zero-order valence-corrected chi connectivity index (χ0v) is 13.8. The van der Waals surface area contributed by atoms with E-state index in [4.69, 9.17) is 22.1 Å². The third-order valence-electron chi connectivity index (χ3n) is 4.00. The first-order valence-electron chi connectivity index (χ1n) is 7.14. The van der Waals surface area contributed by atoms with Crippen molar-refractivity contribution in [1.29, 1.82) is 5.26 Å². The lowest BCUT2D eigenvalue weighted by Crippen LogP contribution is -2.19. The summed E-state index contributed by atoms with van der Waals surface area (Å²) >= 11 is 7.24. The molecule has 0 amide bonds. The van der Waals surface area contributed by atoms with Crippen LogP contribution in [0.1, 0.15) is 16.4 Å². The van der Waals surface area contributed by atoms with Gasteiger partial charge < -0.3 is 10.5 Å². The Hall–Kier alpha value is -2.55. The Morgan fingerprint density at radius 3 is 2.67 bits per heavy atom. The van der Waals surface area contributed by atoms with Gasteiger partial charge >= 0.3 is 0 Å². The van der Waals surface area contributed by atoms with Crippen molar-refractivity contribution in [3.8, 4) is 11.8 Å². The molecule has 2 heterocycles. The molecule has 0 radical (unpaired) electrons. The third-order valence-corrected chi connectivity index (χ3v) is 5.51. The summed E-state index contributed by atoms with van der Waals surface area (Å²) in [5.41, 5.74) is 7.14. The molecule has 1 aliphatic heterocycles. The molecular formula is C18H10ClFN2OS. The van der Waals surface area contributed by atoms with Gasteiger partial charge in [0.2, 0.25) is 5.88 Å². The Labute approximate surface area is 146 Å². The van der Waals surface area contributed by atoms with E-state index in [0.717, 1.165) is 10.4 Å². The molecule has 0 bridgehead atoms. The lowest BCUT2D eigenvalue weighted by Gasteiger charge is -2.23. The van der Waals surface area contributed by atoms with E-state index in [-0.39, 0.29) is 11.7 Å². The maximum Gasteiger partial charge on any atom is 0.205 e. The molecule has 0 saturated heterocycles. The number of hydrogen-bond donors (Lipinski definition) is 1. The van der Waals surface area contributed by atoms with E-state index in [0.29, 0.717) is 26.4 Å². The predicted molar refractivity (Wildman–Crippen MR) is 92.5 cm³/mol. The number of halogens is 2. The first kappa shape index (κ1) is 15.0. The van der Waals surface area contributed by atoms with E-state index in [9.17, 15) is 9.65 Å². The largest absolute Gasteiger partial charge is 0.439 e. The Morgan fingerprint density at radius 2 is 1.96 bits per heavy atom. The maximum absolute atomic E-state index is 14.2. The van der Waals surface area contributed by atoms with Gasteiger partial charge in [0, 0.05) is 10.4 Å². The molecule has 3 nitrogen and oxygen atoms in total. The smallest absolute Gasteiger partial charge is 0.205 e. The molecule has 118 valence electrons. The Balaban J connectivity index is 2.01. The van der Waals surface area contributed by atoms with Crippen LogP contribution in [-0.2, 0) is 0 Å². The maximum atomic E-state index is 14.2. The fourth-order valence-corrected chi connectivity index (χ4v) is 4.31. The SMILES string of the molecule is N#CC1=C(N)Oc2c(sc3c(F)cccc23)C1c1ccc(Cl)cc1. The van der Waals surface area contributed by atoms with Crippen LogP contribution in [0.15, 0.2) is 53.9 Å². The molecule has 6 heteroatoms. The first-order valence-corrected chi connectivity index (χ1v) is 8.33. The standard InChI is InChI=1S/C18H10ClFN2OS/c19-10-6-4-9(5-7-10)14-12(8-21)18(22)23-15-11-2-1-3-13(20)16(11)24-17(14)15/h1-7,14H,22H2. The van der Waals surface area contributed by atoms with E-state index >= 15 is 0 Å². The molecule has 1 unspecified atom stereocenters. The summed E-state index contributed by atoms with van der Waals surface area (Å²) in [7, 11) is 0. The predicted octanol–water partition coefficient (Wildman–Crippen LogP) is 4.91. The van der Waals surface area contributed by atoms with Crippen molar-refractivity contribution in [2.24, 2.45) is 5.73 Å². The molecule has 1 aromatic heterocycles. The second-order valence-electron chi connectivity index (χ2n) is 5.39. The second kappa shape index (κ2) is 5.52. The highest BCUT2D eigenvalue weighted by atomic mass is 35.5. The summed E-state index contributed by atoms with van der Waals surface area (Å²) in [5.74, 6) is -0.143. The minimum Gasteiger partial charge on any atom is -0.439 e. The van der Waals surface area contributed by atoms with Gasteiger partial charge in [0.1, 0.15) is 17.5 Å². The number of ether oxygens (including phenoxy) is 1. The quantitative estimate of drug-likeness (QED) is 0.673. The van der Waals surface area contributed by atoms with Crippen molar-refractivity contribution in [2.45, 2.75) is 5.92 Å². The van der Waals surface area contributed by atoms with Gasteiger partial charge in [-0.3, -0.25) is 0 Å². The zero-order valence-electron chi connectivity index (χ0n) is 12.2. The number of nitrogens with two attached hydrogens (primary N) is 1. The lowest BCUT2D eigenvalue weighted by molar-refractivity contribution is 0.401. The molecule has 2 aromatic carbocycles. The minimum atomic E-state index is -0.396. The highest BCUT2D eigenvalue weighted by molar-refractivity contribution is 7.19. The van der Waals surface area contributed by atoms with Gasteiger partial charge in [-0.25, -0.2) is 4.39 Å².